The molecule has 1 heterocycles. The van der Waals surface area contributed by atoms with E-state index in [-0.39, 0.29) is 23.3 Å². The molecule has 1 aliphatic heterocycles. The minimum Gasteiger partial charge on any atom is -0.302 e. The zero-order chi connectivity index (χ0) is 14.5. The van der Waals surface area contributed by atoms with Gasteiger partial charge in [0, 0.05) is 25.3 Å². The Morgan fingerprint density at radius 3 is 2.42 bits per heavy atom. The third-order valence-corrected chi connectivity index (χ3v) is 5.36. The molecule has 0 saturated carbocycles. The van der Waals surface area contributed by atoms with E-state index in [1.165, 1.54) is 12.2 Å². The van der Waals surface area contributed by atoms with Gasteiger partial charge in [0.2, 0.25) is 5.91 Å². The topological polar surface area (TPSA) is 66.9 Å². The lowest BCUT2D eigenvalue weighted by atomic mass is 9.96. The zero-order valence-electron chi connectivity index (χ0n) is 12.0. The molecule has 0 aromatic carbocycles. The third kappa shape index (κ3) is 5.08. The van der Waals surface area contributed by atoms with E-state index in [4.69, 9.17) is 4.84 Å². The van der Waals surface area contributed by atoms with Crippen molar-refractivity contribution in [3.63, 3.8) is 0 Å². The molecule has 1 saturated heterocycles. The Kier molecular flexibility index (Phi) is 6.22. The highest BCUT2D eigenvalue weighted by Gasteiger charge is 2.27. The summed E-state index contributed by atoms with van der Waals surface area (Å²) in [6.07, 6.45) is 1.53. The number of hydrogen-bond donors (Lipinski definition) is 0. The minimum absolute atomic E-state index is 0.00308. The van der Waals surface area contributed by atoms with Crippen molar-refractivity contribution in [2.45, 2.75) is 19.8 Å². The van der Waals surface area contributed by atoms with Crippen molar-refractivity contribution in [2.24, 2.45) is 5.92 Å². The summed E-state index contributed by atoms with van der Waals surface area (Å²) in [5, 5.41) is 1.27. The van der Waals surface area contributed by atoms with Gasteiger partial charge in [-0.05, 0) is 25.9 Å². The lowest BCUT2D eigenvalue weighted by Gasteiger charge is -2.32. The lowest BCUT2D eigenvalue weighted by Crippen LogP contribution is -2.42. The molecular formula is C12H24N2O4S. The first kappa shape index (κ1) is 16.4. The Balaban J connectivity index is 2.35. The molecule has 0 bridgehead atoms. The van der Waals surface area contributed by atoms with Crippen molar-refractivity contribution in [1.82, 2.24) is 9.96 Å². The Morgan fingerprint density at radius 2 is 1.95 bits per heavy atom. The molecule has 0 spiro atoms. The summed E-state index contributed by atoms with van der Waals surface area (Å²) < 4.78 is 22.9. The summed E-state index contributed by atoms with van der Waals surface area (Å²) in [6, 6.07) is 0. The molecule has 0 aromatic heterocycles. The van der Waals surface area contributed by atoms with Gasteiger partial charge in [0.25, 0.3) is 0 Å². The van der Waals surface area contributed by atoms with Crippen LogP contribution >= 0.6 is 0 Å². The number of carbonyl (C=O) groups is 1. The van der Waals surface area contributed by atoms with Crippen LogP contribution in [0.5, 0.6) is 0 Å². The fourth-order valence-electron chi connectivity index (χ4n) is 2.16. The number of likely N-dealkylation sites (tertiary alicyclic amines) is 1. The van der Waals surface area contributed by atoms with E-state index in [1.54, 1.807) is 14.0 Å². The fourth-order valence-corrected chi connectivity index (χ4v) is 2.99. The second-order valence-electron chi connectivity index (χ2n) is 4.87. The Hall–Kier alpha value is -0.660. The van der Waals surface area contributed by atoms with Gasteiger partial charge in [-0.25, -0.2) is 13.5 Å². The second-order valence-corrected chi connectivity index (χ2v) is 7.34. The van der Waals surface area contributed by atoms with Crippen LogP contribution in [0.4, 0.5) is 0 Å². The first-order valence-electron chi connectivity index (χ1n) is 6.64. The van der Waals surface area contributed by atoms with Gasteiger partial charge in [-0.3, -0.25) is 9.63 Å². The zero-order valence-corrected chi connectivity index (χ0v) is 12.8. The van der Waals surface area contributed by atoms with Crippen molar-refractivity contribution in [2.75, 3.05) is 45.3 Å². The second kappa shape index (κ2) is 7.21. The number of nitrogens with zero attached hydrogens (tertiary/aromatic N) is 2. The third-order valence-electron chi connectivity index (χ3n) is 3.68. The van der Waals surface area contributed by atoms with E-state index < -0.39 is 9.84 Å². The largest absolute Gasteiger partial charge is 0.302 e. The Labute approximate surface area is 115 Å². The number of piperidine rings is 1. The molecule has 1 aliphatic rings. The summed E-state index contributed by atoms with van der Waals surface area (Å²) in [5.41, 5.74) is 0. The highest BCUT2D eigenvalue weighted by Crippen LogP contribution is 2.19. The van der Waals surface area contributed by atoms with Gasteiger partial charge >= 0.3 is 0 Å². The summed E-state index contributed by atoms with van der Waals surface area (Å²) >= 11 is 0. The SMILES string of the molecule is CCS(=O)(=O)CCN1CCC(C(=O)N(C)OC)CC1. The van der Waals surface area contributed by atoms with Crippen molar-refractivity contribution in [3.05, 3.63) is 0 Å². The number of hydroxylamine groups is 2. The van der Waals surface area contributed by atoms with Crippen molar-refractivity contribution < 1.29 is 18.0 Å². The molecule has 0 aliphatic carbocycles. The Bertz CT molecular complexity index is 389. The van der Waals surface area contributed by atoms with Crippen molar-refractivity contribution >= 4 is 15.7 Å². The highest BCUT2D eigenvalue weighted by molar-refractivity contribution is 7.91. The van der Waals surface area contributed by atoms with E-state index in [2.05, 4.69) is 4.90 Å². The average Bonchev–Trinajstić information content (AvgIpc) is 2.44. The van der Waals surface area contributed by atoms with E-state index >= 15 is 0 Å². The molecule has 19 heavy (non-hydrogen) atoms. The number of amides is 1. The molecule has 1 fully saturated rings. The number of hydrogen-bond acceptors (Lipinski definition) is 5. The number of sulfone groups is 1. The van der Waals surface area contributed by atoms with Crippen LogP contribution in [0.3, 0.4) is 0 Å². The monoisotopic (exact) mass is 292 g/mol. The van der Waals surface area contributed by atoms with Gasteiger partial charge in [-0.2, -0.15) is 0 Å². The van der Waals surface area contributed by atoms with E-state index in [0.29, 0.717) is 6.54 Å². The standard InChI is InChI=1S/C12H24N2O4S/c1-4-19(16,17)10-9-14-7-5-11(6-8-14)12(15)13(2)18-3/h11H,4-10H2,1-3H3. The van der Waals surface area contributed by atoms with Crippen molar-refractivity contribution in [3.8, 4) is 0 Å². The van der Waals surface area contributed by atoms with Crippen LogP contribution < -0.4 is 0 Å². The van der Waals surface area contributed by atoms with E-state index in [1.807, 2.05) is 0 Å². The molecule has 0 atom stereocenters. The van der Waals surface area contributed by atoms with Crippen LogP contribution in [0, 0.1) is 5.92 Å². The van der Waals surface area contributed by atoms with Crippen LogP contribution in [0.15, 0.2) is 0 Å². The van der Waals surface area contributed by atoms with Crippen LogP contribution in [-0.2, 0) is 19.5 Å². The van der Waals surface area contributed by atoms with Crippen LogP contribution in [-0.4, -0.2) is 69.6 Å². The van der Waals surface area contributed by atoms with Crippen LogP contribution in [0.1, 0.15) is 19.8 Å². The summed E-state index contributed by atoms with van der Waals surface area (Å²) in [6.45, 7) is 3.78. The quantitative estimate of drug-likeness (QED) is 0.652. The molecule has 0 aromatic rings. The molecule has 1 amide bonds. The fraction of sp³-hybridized carbons (Fsp3) is 0.917. The number of rotatable bonds is 6. The van der Waals surface area contributed by atoms with Crippen LogP contribution in [0.25, 0.3) is 0 Å². The molecule has 6 nitrogen and oxygen atoms in total. The van der Waals surface area contributed by atoms with Gasteiger partial charge in [-0.15, -0.1) is 0 Å². The number of carbonyl (C=O) groups excluding carboxylic acids is 1. The summed E-state index contributed by atoms with van der Waals surface area (Å²) in [5.74, 6) is 0.396. The first-order valence-corrected chi connectivity index (χ1v) is 8.46. The molecule has 7 heteroatoms. The predicted molar refractivity (Wildman–Crippen MR) is 73.3 cm³/mol. The summed E-state index contributed by atoms with van der Waals surface area (Å²) in [4.78, 5) is 18.9. The molecule has 0 radical (unpaired) electrons. The van der Waals surface area contributed by atoms with Crippen LogP contribution in [0.2, 0.25) is 0 Å². The Morgan fingerprint density at radius 1 is 1.37 bits per heavy atom. The van der Waals surface area contributed by atoms with Crippen molar-refractivity contribution in [1.29, 1.82) is 0 Å². The lowest BCUT2D eigenvalue weighted by molar-refractivity contribution is -0.174. The predicted octanol–water partition coefficient (Wildman–Crippen LogP) is 0.153. The summed E-state index contributed by atoms with van der Waals surface area (Å²) in [7, 11) is 0.186. The molecule has 0 unspecified atom stereocenters. The maximum absolute atomic E-state index is 11.9. The molecule has 112 valence electrons. The van der Waals surface area contributed by atoms with Gasteiger partial charge in [-0.1, -0.05) is 6.92 Å². The first-order chi connectivity index (χ1) is 8.89. The molecular weight excluding hydrogens is 268 g/mol. The van der Waals surface area contributed by atoms with Gasteiger partial charge in [0.05, 0.1) is 12.9 Å². The molecule has 1 rings (SSSR count). The van der Waals surface area contributed by atoms with Gasteiger partial charge in [0.15, 0.2) is 9.84 Å². The molecule has 0 N–H and O–H groups in total. The normalized spacial score (nSPS) is 18.5. The van der Waals surface area contributed by atoms with Gasteiger partial charge in [0.1, 0.15) is 0 Å². The highest BCUT2D eigenvalue weighted by atomic mass is 32.2. The minimum atomic E-state index is -2.90. The maximum Gasteiger partial charge on any atom is 0.249 e. The average molecular weight is 292 g/mol. The maximum atomic E-state index is 11.9. The van der Waals surface area contributed by atoms with E-state index in [9.17, 15) is 13.2 Å². The van der Waals surface area contributed by atoms with Gasteiger partial charge < -0.3 is 4.90 Å². The smallest absolute Gasteiger partial charge is 0.249 e. The van der Waals surface area contributed by atoms with E-state index in [0.717, 1.165) is 25.9 Å².